The monoisotopic (exact) mass is 466 g/mol. The van der Waals surface area contributed by atoms with Gasteiger partial charge in [0.1, 0.15) is 12.4 Å². The highest BCUT2D eigenvalue weighted by atomic mass is 16.6. The summed E-state index contributed by atoms with van der Waals surface area (Å²) in [5.41, 5.74) is 0. The molecule has 0 saturated heterocycles. The lowest BCUT2D eigenvalue weighted by Gasteiger charge is -2.17. The summed E-state index contributed by atoms with van der Waals surface area (Å²) in [6.45, 7) is 5.19. The van der Waals surface area contributed by atoms with Crippen LogP contribution in [0.3, 0.4) is 0 Å². The predicted octanol–water partition coefficient (Wildman–Crippen LogP) is 5.82. The standard InChI is InChI=1S/C25H42N2O6/c1-3-5-7-9-19-31-23(28)15-11-13-22(33-25(30)27-18-17-26-21-27)14-12-16-24(29)32-20-10-8-6-4-2/h17-18,21-22H,3-16,19-20H2,1-2H3. The van der Waals surface area contributed by atoms with E-state index in [-0.39, 0.29) is 24.8 Å². The van der Waals surface area contributed by atoms with E-state index in [9.17, 15) is 14.4 Å². The van der Waals surface area contributed by atoms with Crippen LogP contribution in [0.5, 0.6) is 0 Å². The van der Waals surface area contributed by atoms with Gasteiger partial charge in [-0.15, -0.1) is 0 Å². The summed E-state index contributed by atoms with van der Waals surface area (Å²) in [5, 5.41) is 0. The maximum absolute atomic E-state index is 12.3. The largest absolute Gasteiger partial charge is 0.466 e. The summed E-state index contributed by atoms with van der Waals surface area (Å²) in [5.74, 6) is -0.448. The van der Waals surface area contributed by atoms with Crippen LogP contribution in [0.2, 0.25) is 0 Å². The van der Waals surface area contributed by atoms with E-state index < -0.39 is 12.2 Å². The highest BCUT2D eigenvalue weighted by Crippen LogP contribution is 2.15. The normalized spacial score (nSPS) is 10.9. The molecule has 0 aliphatic rings. The number of unbranched alkanes of at least 4 members (excludes halogenated alkanes) is 6. The average Bonchev–Trinajstić information content (AvgIpc) is 3.34. The van der Waals surface area contributed by atoms with Crippen LogP contribution in [0.25, 0.3) is 0 Å². The molecular weight excluding hydrogens is 424 g/mol. The Balaban J connectivity index is 2.34. The van der Waals surface area contributed by atoms with Gasteiger partial charge >= 0.3 is 18.0 Å². The van der Waals surface area contributed by atoms with Gasteiger partial charge in [0.25, 0.3) is 0 Å². The minimum Gasteiger partial charge on any atom is -0.466 e. The van der Waals surface area contributed by atoms with E-state index in [1.165, 1.54) is 23.3 Å². The van der Waals surface area contributed by atoms with Gasteiger partial charge in [-0.2, -0.15) is 0 Å². The van der Waals surface area contributed by atoms with Gasteiger partial charge in [0, 0.05) is 25.2 Å². The Labute approximate surface area is 198 Å². The Hall–Kier alpha value is -2.38. The summed E-state index contributed by atoms with van der Waals surface area (Å²) in [6.07, 6.45) is 14.7. The zero-order valence-corrected chi connectivity index (χ0v) is 20.5. The molecule has 1 aromatic heterocycles. The summed E-state index contributed by atoms with van der Waals surface area (Å²) in [4.78, 5) is 40.0. The molecule has 188 valence electrons. The van der Waals surface area contributed by atoms with E-state index in [0.717, 1.165) is 51.4 Å². The number of hydrogen-bond donors (Lipinski definition) is 0. The second-order valence-corrected chi connectivity index (χ2v) is 8.32. The number of hydrogen-bond acceptors (Lipinski definition) is 7. The van der Waals surface area contributed by atoms with Crippen molar-refractivity contribution in [2.24, 2.45) is 0 Å². The number of carbonyl (C=O) groups excluding carboxylic acids is 3. The Morgan fingerprint density at radius 3 is 1.79 bits per heavy atom. The highest BCUT2D eigenvalue weighted by molar-refractivity contribution is 5.70. The molecule has 0 aromatic carbocycles. The number of rotatable bonds is 19. The lowest BCUT2D eigenvalue weighted by molar-refractivity contribution is -0.144. The van der Waals surface area contributed by atoms with Crippen LogP contribution < -0.4 is 0 Å². The van der Waals surface area contributed by atoms with Crippen molar-refractivity contribution in [2.75, 3.05) is 13.2 Å². The SMILES string of the molecule is CCCCCCOC(=O)CCCC(CCCC(=O)OCCCCCC)OC(=O)n1ccnc1. The summed E-state index contributed by atoms with van der Waals surface area (Å²) in [6, 6.07) is 0. The third kappa shape index (κ3) is 15.1. The average molecular weight is 467 g/mol. The number of imidazole rings is 1. The van der Waals surface area contributed by atoms with Crippen LogP contribution in [-0.2, 0) is 23.8 Å². The Bertz CT molecular complexity index is 615. The van der Waals surface area contributed by atoms with Gasteiger partial charge in [0.2, 0.25) is 0 Å². The molecule has 8 heteroatoms. The van der Waals surface area contributed by atoms with E-state index in [4.69, 9.17) is 14.2 Å². The lowest BCUT2D eigenvalue weighted by Crippen LogP contribution is -2.22. The summed E-state index contributed by atoms with van der Waals surface area (Å²) < 4.78 is 17.4. The third-order valence-corrected chi connectivity index (χ3v) is 5.32. The van der Waals surface area contributed by atoms with Crippen LogP contribution in [0, 0.1) is 0 Å². The van der Waals surface area contributed by atoms with Gasteiger partial charge in [0.05, 0.1) is 13.2 Å². The first-order valence-electron chi connectivity index (χ1n) is 12.6. The predicted molar refractivity (Wildman–Crippen MR) is 126 cm³/mol. The quantitative estimate of drug-likeness (QED) is 0.144. The Morgan fingerprint density at radius 1 is 0.788 bits per heavy atom. The van der Waals surface area contributed by atoms with Crippen molar-refractivity contribution in [3.8, 4) is 0 Å². The van der Waals surface area contributed by atoms with Crippen LogP contribution in [0.4, 0.5) is 4.79 Å². The van der Waals surface area contributed by atoms with Crippen LogP contribution >= 0.6 is 0 Å². The van der Waals surface area contributed by atoms with Gasteiger partial charge in [-0.3, -0.25) is 9.59 Å². The van der Waals surface area contributed by atoms with Crippen molar-refractivity contribution in [3.05, 3.63) is 18.7 Å². The number of esters is 2. The van der Waals surface area contributed by atoms with E-state index in [0.29, 0.717) is 38.9 Å². The van der Waals surface area contributed by atoms with Crippen molar-refractivity contribution >= 4 is 18.0 Å². The van der Waals surface area contributed by atoms with Crippen LogP contribution in [0.1, 0.15) is 104 Å². The zero-order chi connectivity index (χ0) is 24.2. The fraction of sp³-hybridized carbons (Fsp3) is 0.760. The molecule has 0 amide bonds. The van der Waals surface area contributed by atoms with Crippen molar-refractivity contribution in [3.63, 3.8) is 0 Å². The highest BCUT2D eigenvalue weighted by Gasteiger charge is 2.17. The van der Waals surface area contributed by atoms with E-state index in [1.54, 1.807) is 0 Å². The van der Waals surface area contributed by atoms with Gasteiger partial charge in [0.15, 0.2) is 0 Å². The first-order chi connectivity index (χ1) is 16.1. The molecule has 1 rings (SSSR count). The maximum atomic E-state index is 12.3. The Kier molecular flexibility index (Phi) is 16.6. The van der Waals surface area contributed by atoms with Crippen molar-refractivity contribution in [1.82, 2.24) is 9.55 Å². The first-order valence-corrected chi connectivity index (χ1v) is 12.6. The van der Waals surface area contributed by atoms with Gasteiger partial charge in [-0.05, 0) is 38.5 Å². The van der Waals surface area contributed by atoms with Crippen molar-refractivity contribution < 1.29 is 28.6 Å². The fourth-order valence-electron chi connectivity index (χ4n) is 3.35. The van der Waals surface area contributed by atoms with Gasteiger partial charge in [-0.1, -0.05) is 52.4 Å². The van der Waals surface area contributed by atoms with Crippen LogP contribution in [-0.4, -0.2) is 46.9 Å². The second-order valence-electron chi connectivity index (χ2n) is 8.32. The smallest absolute Gasteiger partial charge is 0.419 e. The topological polar surface area (TPSA) is 96.7 Å². The third-order valence-electron chi connectivity index (χ3n) is 5.32. The molecular formula is C25H42N2O6. The second kappa shape index (κ2) is 19.1. The molecule has 0 saturated carbocycles. The molecule has 1 heterocycles. The van der Waals surface area contributed by atoms with E-state index >= 15 is 0 Å². The molecule has 0 unspecified atom stereocenters. The zero-order valence-electron chi connectivity index (χ0n) is 20.5. The fourth-order valence-corrected chi connectivity index (χ4v) is 3.35. The van der Waals surface area contributed by atoms with Gasteiger partial charge < -0.3 is 14.2 Å². The molecule has 1 aromatic rings. The number of nitrogens with zero attached hydrogens (tertiary/aromatic N) is 2. The Morgan fingerprint density at radius 2 is 1.33 bits per heavy atom. The number of carbonyl (C=O) groups is 3. The van der Waals surface area contributed by atoms with Crippen LogP contribution in [0.15, 0.2) is 18.7 Å². The molecule has 8 nitrogen and oxygen atoms in total. The van der Waals surface area contributed by atoms with Gasteiger partial charge in [-0.25, -0.2) is 14.3 Å². The number of aromatic nitrogens is 2. The molecule has 0 aliphatic heterocycles. The minimum absolute atomic E-state index is 0.224. The molecule has 0 bridgehead atoms. The molecule has 0 aliphatic carbocycles. The molecule has 33 heavy (non-hydrogen) atoms. The molecule has 0 radical (unpaired) electrons. The number of ether oxygens (including phenoxy) is 3. The molecule has 0 atom stereocenters. The van der Waals surface area contributed by atoms with Crippen molar-refractivity contribution in [1.29, 1.82) is 0 Å². The molecule has 0 N–H and O–H groups in total. The lowest BCUT2D eigenvalue weighted by atomic mass is 10.1. The summed E-state index contributed by atoms with van der Waals surface area (Å²) >= 11 is 0. The van der Waals surface area contributed by atoms with Crippen molar-refractivity contribution in [2.45, 2.75) is 110 Å². The van der Waals surface area contributed by atoms with E-state index in [1.807, 2.05) is 0 Å². The minimum atomic E-state index is -0.519. The molecule has 0 spiro atoms. The first kappa shape index (κ1) is 28.7. The summed E-state index contributed by atoms with van der Waals surface area (Å²) in [7, 11) is 0. The maximum Gasteiger partial charge on any atom is 0.419 e. The molecule has 0 fully saturated rings. The van der Waals surface area contributed by atoms with E-state index in [2.05, 4.69) is 18.8 Å².